The molecule has 0 radical (unpaired) electrons. The second-order valence-corrected chi connectivity index (χ2v) is 7.97. The predicted octanol–water partition coefficient (Wildman–Crippen LogP) is 4.73. The van der Waals surface area contributed by atoms with Gasteiger partial charge in [0.1, 0.15) is 19.0 Å². The van der Waals surface area contributed by atoms with E-state index >= 15 is 0 Å². The molecule has 0 saturated carbocycles. The molecule has 4 rings (SSSR count). The first-order chi connectivity index (χ1) is 16.6. The van der Waals surface area contributed by atoms with Gasteiger partial charge in [0.05, 0.1) is 14.2 Å². The molecule has 0 amide bonds. The van der Waals surface area contributed by atoms with Gasteiger partial charge in [-0.15, -0.1) is 0 Å². The fourth-order valence-corrected chi connectivity index (χ4v) is 3.83. The summed E-state index contributed by atoms with van der Waals surface area (Å²) in [5.74, 6) is 2.50. The van der Waals surface area contributed by atoms with Crippen LogP contribution in [0, 0.1) is 5.41 Å². The van der Waals surface area contributed by atoms with Gasteiger partial charge in [0.25, 0.3) is 0 Å². The van der Waals surface area contributed by atoms with Gasteiger partial charge in [-0.2, -0.15) is 0 Å². The molecule has 1 aliphatic heterocycles. The molecule has 1 aliphatic rings. The van der Waals surface area contributed by atoms with Gasteiger partial charge in [0.15, 0.2) is 23.0 Å². The molecule has 0 atom stereocenters. The van der Waals surface area contributed by atoms with E-state index in [1.54, 1.807) is 32.4 Å². The second kappa shape index (κ2) is 10.7. The maximum atomic E-state index is 7.57. The molecule has 34 heavy (non-hydrogen) atoms. The van der Waals surface area contributed by atoms with Crippen LogP contribution in [0.3, 0.4) is 0 Å². The smallest absolute Gasteiger partial charge is 0.161 e. The van der Waals surface area contributed by atoms with Crippen LogP contribution in [0.4, 0.5) is 0 Å². The number of benzene rings is 3. The number of hydrogen-bond donors (Lipinski definition) is 2. The van der Waals surface area contributed by atoms with Crippen molar-refractivity contribution in [3.05, 3.63) is 82.9 Å². The quantitative estimate of drug-likeness (QED) is 0.337. The molecule has 0 unspecified atom stereocenters. The molecule has 0 bridgehead atoms. The molecule has 3 aromatic rings. The number of nitrogens with one attached hydrogen (secondary N) is 1. The van der Waals surface area contributed by atoms with Crippen LogP contribution in [0.25, 0.3) is 0 Å². The number of methoxy groups -OCH3 is 2. The highest BCUT2D eigenvalue weighted by atomic mass is 16.5. The molecular weight excluding hydrogens is 430 g/mol. The Morgan fingerprint density at radius 3 is 2.09 bits per heavy atom. The summed E-state index contributed by atoms with van der Waals surface area (Å²) in [7, 11) is 3.21. The van der Waals surface area contributed by atoms with Crippen LogP contribution >= 0.6 is 0 Å². The SMILES string of the molecule is COc1cc(C(=N)N)ccc1OCc1cccc(COc2ccc(C3=NCCC3)cc2OC)c1. The number of nitrogens with zero attached hydrogens (tertiary/aromatic N) is 1. The monoisotopic (exact) mass is 459 g/mol. The lowest BCUT2D eigenvalue weighted by Crippen LogP contribution is -2.11. The first kappa shape index (κ1) is 23.2. The van der Waals surface area contributed by atoms with E-state index in [0.717, 1.165) is 41.8 Å². The van der Waals surface area contributed by atoms with Crippen molar-refractivity contribution in [2.24, 2.45) is 10.7 Å². The first-order valence-corrected chi connectivity index (χ1v) is 11.1. The van der Waals surface area contributed by atoms with Crippen molar-refractivity contribution in [2.75, 3.05) is 20.8 Å². The van der Waals surface area contributed by atoms with Gasteiger partial charge in [0.2, 0.25) is 0 Å². The standard InChI is InChI=1S/C27H29N3O4/c1-31-25-14-20(22-7-4-12-30-22)8-10-23(25)33-16-18-5-3-6-19(13-18)17-34-24-11-9-21(27(28)29)15-26(24)32-2/h3,5-6,8-11,13-15H,4,7,12,16-17H2,1-2H3,(H3,28,29). The van der Waals surface area contributed by atoms with Crippen LogP contribution in [-0.2, 0) is 13.2 Å². The molecule has 1 heterocycles. The van der Waals surface area contributed by atoms with Crippen molar-refractivity contribution >= 4 is 11.5 Å². The van der Waals surface area contributed by atoms with Crippen LogP contribution in [0.2, 0.25) is 0 Å². The summed E-state index contributed by atoms with van der Waals surface area (Å²) in [6.45, 7) is 1.66. The Bertz CT molecular complexity index is 1210. The normalized spacial score (nSPS) is 12.7. The van der Waals surface area contributed by atoms with Crippen LogP contribution in [-0.4, -0.2) is 32.3 Å². The van der Waals surface area contributed by atoms with E-state index in [9.17, 15) is 0 Å². The van der Waals surface area contributed by atoms with E-state index in [0.29, 0.717) is 41.8 Å². The highest BCUT2D eigenvalue weighted by molar-refractivity contribution is 6.02. The predicted molar refractivity (Wildman–Crippen MR) is 133 cm³/mol. The molecule has 3 aromatic carbocycles. The van der Waals surface area contributed by atoms with Gasteiger partial charge >= 0.3 is 0 Å². The minimum Gasteiger partial charge on any atom is -0.493 e. The third-order valence-electron chi connectivity index (χ3n) is 5.63. The van der Waals surface area contributed by atoms with Crippen LogP contribution < -0.4 is 24.7 Å². The number of ether oxygens (including phenoxy) is 4. The Labute approximate surface area is 199 Å². The summed E-state index contributed by atoms with van der Waals surface area (Å²) < 4.78 is 23.0. The Kier molecular flexibility index (Phi) is 7.32. The Hall–Kier alpha value is -4.00. The van der Waals surface area contributed by atoms with Gasteiger partial charge in [-0.3, -0.25) is 10.4 Å². The number of nitrogens with two attached hydrogens (primary N) is 1. The largest absolute Gasteiger partial charge is 0.493 e. The highest BCUT2D eigenvalue weighted by Crippen LogP contribution is 2.31. The van der Waals surface area contributed by atoms with E-state index in [-0.39, 0.29) is 5.84 Å². The third-order valence-corrected chi connectivity index (χ3v) is 5.63. The van der Waals surface area contributed by atoms with E-state index in [1.807, 2.05) is 42.5 Å². The third kappa shape index (κ3) is 5.49. The van der Waals surface area contributed by atoms with Crippen molar-refractivity contribution in [1.82, 2.24) is 0 Å². The molecule has 0 aromatic heterocycles. The minimum absolute atomic E-state index is 0.0175. The lowest BCUT2D eigenvalue weighted by atomic mass is 10.1. The molecule has 0 aliphatic carbocycles. The number of nitrogen functional groups attached to an aromatic ring is 1. The van der Waals surface area contributed by atoms with E-state index in [2.05, 4.69) is 4.99 Å². The fourth-order valence-electron chi connectivity index (χ4n) is 3.83. The van der Waals surface area contributed by atoms with Crippen molar-refractivity contribution < 1.29 is 18.9 Å². The molecule has 7 nitrogen and oxygen atoms in total. The summed E-state index contributed by atoms with van der Waals surface area (Å²) >= 11 is 0. The minimum atomic E-state index is -0.0175. The molecule has 0 fully saturated rings. The van der Waals surface area contributed by atoms with Crippen molar-refractivity contribution in [3.8, 4) is 23.0 Å². The molecule has 176 valence electrons. The Morgan fingerprint density at radius 2 is 1.50 bits per heavy atom. The first-order valence-electron chi connectivity index (χ1n) is 11.1. The summed E-state index contributed by atoms with van der Waals surface area (Å²) in [6, 6.07) is 19.2. The van der Waals surface area contributed by atoms with Gasteiger partial charge in [0, 0.05) is 17.8 Å². The van der Waals surface area contributed by atoms with E-state index in [4.69, 9.17) is 30.1 Å². The highest BCUT2D eigenvalue weighted by Gasteiger charge is 2.13. The van der Waals surface area contributed by atoms with E-state index in [1.165, 1.54) is 0 Å². The number of hydrogen-bond acceptors (Lipinski definition) is 6. The zero-order valence-electron chi connectivity index (χ0n) is 19.5. The Balaban J connectivity index is 1.40. The zero-order valence-corrected chi connectivity index (χ0v) is 19.5. The molecule has 7 heteroatoms. The van der Waals surface area contributed by atoms with Crippen molar-refractivity contribution in [1.29, 1.82) is 5.41 Å². The topological polar surface area (TPSA) is 99.2 Å². The van der Waals surface area contributed by atoms with Gasteiger partial charge < -0.3 is 24.7 Å². The lowest BCUT2D eigenvalue weighted by Gasteiger charge is -2.14. The van der Waals surface area contributed by atoms with Gasteiger partial charge in [-0.1, -0.05) is 18.2 Å². The van der Waals surface area contributed by atoms with Gasteiger partial charge in [-0.25, -0.2) is 0 Å². The summed E-state index contributed by atoms with van der Waals surface area (Å²) in [4.78, 5) is 4.56. The molecule has 0 spiro atoms. The Morgan fingerprint density at radius 1 is 0.853 bits per heavy atom. The lowest BCUT2D eigenvalue weighted by molar-refractivity contribution is 0.279. The maximum Gasteiger partial charge on any atom is 0.161 e. The second-order valence-electron chi connectivity index (χ2n) is 7.97. The fraction of sp³-hybridized carbons (Fsp3) is 0.259. The van der Waals surface area contributed by atoms with Crippen molar-refractivity contribution in [3.63, 3.8) is 0 Å². The van der Waals surface area contributed by atoms with E-state index < -0.39 is 0 Å². The molecule has 3 N–H and O–H groups in total. The van der Waals surface area contributed by atoms with Gasteiger partial charge in [-0.05, 0) is 72.0 Å². The summed E-state index contributed by atoms with van der Waals surface area (Å²) in [6.07, 6.45) is 2.11. The zero-order chi connectivity index (χ0) is 23.9. The average Bonchev–Trinajstić information content (AvgIpc) is 3.41. The number of aliphatic imine (C=N–C) groups is 1. The molecule has 0 saturated heterocycles. The number of rotatable bonds is 10. The summed E-state index contributed by atoms with van der Waals surface area (Å²) in [5.41, 5.74) is 10.4. The number of amidine groups is 1. The average molecular weight is 460 g/mol. The van der Waals surface area contributed by atoms with Crippen LogP contribution in [0.5, 0.6) is 23.0 Å². The van der Waals surface area contributed by atoms with Crippen LogP contribution in [0.15, 0.2) is 65.7 Å². The maximum absolute atomic E-state index is 7.57. The molecular formula is C27H29N3O4. The van der Waals surface area contributed by atoms with Crippen LogP contribution in [0.1, 0.15) is 35.1 Å². The summed E-state index contributed by atoms with van der Waals surface area (Å²) in [5, 5.41) is 7.57. The van der Waals surface area contributed by atoms with Crippen molar-refractivity contribution in [2.45, 2.75) is 26.1 Å².